The number of benzene rings is 1. The number of hydrogen-bond acceptors (Lipinski definition) is 5. The largest absolute Gasteiger partial charge is 0.393 e. The van der Waals surface area contributed by atoms with Crippen molar-refractivity contribution in [3.8, 4) is 0 Å². The van der Waals surface area contributed by atoms with E-state index in [9.17, 15) is 10.2 Å². The molecule has 1 heterocycles. The summed E-state index contributed by atoms with van der Waals surface area (Å²) >= 11 is 0. The van der Waals surface area contributed by atoms with Crippen molar-refractivity contribution in [3.63, 3.8) is 0 Å². The van der Waals surface area contributed by atoms with Gasteiger partial charge in [0.1, 0.15) is 0 Å². The van der Waals surface area contributed by atoms with Crippen LogP contribution in [0.15, 0.2) is 47.6 Å². The second-order valence-corrected chi connectivity index (χ2v) is 10.9. The Hall–Kier alpha value is -2.41. The van der Waals surface area contributed by atoms with Crippen LogP contribution in [0.4, 0.5) is 5.82 Å². The van der Waals surface area contributed by atoms with Crippen LogP contribution in [0.5, 0.6) is 0 Å². The van der Waals surface area contributed by atoms with Crippen LogP contribution in [0.25, 0.3) is 16.5 Å². The molecule has 5 atom stereocenters. The number of allylic oxidation sites excluding steroid dienone is 3. The molecule has 1 fully saturated rings. The lowest BCUT2D eigenvalue weighted by molar-refractivity contribution is -0.0330. The number of aromatic amines is 1. The minimum atomic E-state index is -0.803. The number of rotatable bonds is 1. The average Bonchev–Trinajstić information content (AvgIpc) is 3.31. The highest BCUT2D eigenvalue weighted by atomic mass is 16.3. The van der Waals surface area contributed by atoms with E-state index < -0.39 is 5.60 Å². The standard InChI is InChI=1S/C26H31N3O2.C2H7N/c1-25-10-9-18-12-17-13-19(30)4-2-15(17)8-11-26(18,31)23(25)7-6-21(25)16-3-5-20-22(14-16)28-29-24(20)27;1-3-2/h3,5-6,9,12,14-15,19,23,30-31H,2,4,7-8,10-11,13H2,1H3,(H3,27,28,29);3H,1-2H3/t15?,19?,23?,25?,26-;/m1./s1. The van der Waals surface area contributed by atoms with Gasteiger partial charge in [-0.25, -0.2) is 0 Å². The number of aromatic nitrogens is 2. The Labute approximate surface area is 202 Å². The average molecular weight is 463 g/mol. The molecule has 6 N–H and O–H groups in total. The highest BCUT2D eigenvalue weighted by Gasteiger charge is 2.55. The summed E-state index contributed by atoms with van der Waals surface area (Å²) in [5.74, 6) is 1.20. The molecule has 6 heteroatoms. The first kappa shape index (κ1) is 23.3. The third-order valence-corrected chi connectivity index (χ3v) is 8.73. The molecule has 0 radical (unpaired) electrons. The van der Waals surface area contributed by atoms with Crippen molar-refractivity contribution in [2.45, 2.75) is 63.6 Å². The fourth-order valence-corrected chi connectivity index (χ4v) is 6.97. The van der Waals surface area contributed by atoms with Crippen LogP contribution in [-0.4, -0.2) is 46.2 Å². The topological polar surface area (TPSA) is 107 Å². The Morgan fingerprint density at radius 3 is 2.76 bits per heavy atom. The molecule has 4 aliphatic rings. The molecule has 0 saturated heterocycles. The van der Waals surface area contributed by atoms with Gasteiger partial charge in [-0.05, 0) is 93.8 Å². The van der Waals surface area contributed by atoms with Gasteiger partial charge in [-0.15, -0.1) is 0 Å². The minimum Gasteiger partial charge on any atom is -0.393 e. The first-order valence-corrected chi connectivity index (χ1v) is 12.6. The Kier molecular flexibility index (Phi) is 5.95. The summed E-state index contributed by atoms with van der Waals surface area (Å²) in [6, 6.07) is 6.33. The summed E-state index contributed by atoms with van der Waals surface area (Å²) in [4.78, 5) is 0. The van der Waals surface area contributed by atoms with Gasteiger partial charge in [0.25, 0.3) is 0 Å². The van der Waals surface area contributed by atoms with Crippen LogP contribution in [0.3, 0.4) is 0 Å². The number of aliphatic hydroxyl groups is 2. The Bertz CT molecular complexity index is 1180. The molecule has 6 rings (SSSR count). The van der Waals surface area contributed by atoms with Crippen molar-refractivity contribution in [1.29, 1.82) is 0 Å². The van der Waals surface area contributed by atoms with Gasteiger partial charge in [-0.1, -0.05) is 36.8 Å². The van der Waals surface area contributed by atoms with Crippen LogP contribution in [-0.2, 0) is 0 Å². The van der Waals surface area contributed by atoms with Crippen molar-refractivity contribution < 1.29 is 10.2 Å². The summed E-state index contributed by atoms with van der Waals surface area (Å²) < 4.78 is 0. The molecule has 2 aromatic rings. The van der Waals surface area contributed by atoms with Gasteiger partial charge in [-0.2, -0.15) is 5.10 Å². The van der Waals surface area contributed by atoms with Gasteiger partial charge in [-0.3, -0.25) is 5.10 Å². The number of nitrogen functional groups attached to an aromatic ring is 1. The number of nitrogens with two attached hydrogens (primary N) is 1. The summed E-state index contributed by atoms with van der Waals surface area (Å²) in [6.07, 6.45) is 12.9. The maximum atomic E-state index is 12.1. The molecule has 34 heavy (non-hydrogen) atoms. The predicted molar refractivity (Wildman–Crippen MR) is 138 cm³/mol. The quantitative estimate of drug-likeness (QED) is 0.434. The lowest BCUT2D eigenvalue weighted by Gasteiger charge is -2.48. The van der Waals surface area contributed by atoms with Gasteiger partial charge in [0.15, 0.2) is 5.82 Å². The second kappa shape index (κ2) is 8.67. The zero-order valence-corrected chi connectivity index (χ0v) is 20.6. The molecular weight excluding hydrogens is 424 g/mol. The molecule has 1 aromatic heterocycles. The first-order chi connectivity index (χ1) is 16.3. The monoisotopic (exact) mass is 462 g/mol. The van der Waals surface area contributed by atoms with E-state index in [0.717, 1.165) is 61.4 Å². The Morgan fingerprint density at radius 2 is 1.97 bits per heavy atom. The van der Waals surface area contributed by atoms with Crippen LogP contribution >= 0.6 is 0 Å². The summed E-state index contributed by atoms with van der Waals surface area (Å²) in [5.41, 5.74) is 10.9. The van der Waals surface area contributed by atoms with Crippen molar-refractivity contribution >= 4 is 22.3 Å². The number of anilines is 1. The molecule has 0 bridgehead atoms. The number of fused-ring (bicyclic) bond motifs is 5. The van der Waals surface area contributed by atoms with Crippen molar-refractivity contribution in [2.24, 2.45) is 17.3 Å². The van der Waals surface area contributed by atoms with Crippen molar-refractivity contribution in [3.05, 3.63) is 53.1 Å². The highest BCUT2D eigenvalue weighted by molar-refractivity contribution is 5.91. The van der Waals surface area contributed by atoms with Crippen LogP contribution in [0.2, 0.25) is 0 Å². The zero-order valence-electron chi connectivity index (χ0n) is 20.6. The minimum absolute atomic E-state index is 0.106. The Balaban J connectivity index is 0.000000764. The maximum Gasteiger partial charge on any atom is 0.153 e. The van der Waals surface area contributed by atoms with E-state index in [4.69, 9.17) is 5.73 Å². The SMILES string of the molecule is CC12CC=C3C=C4CC(O)CCC4CC[C@]3(O)C1CC=C2c1ccc2c(N)n[nH]c2c1.CNC. The van der Waals surface area contributed by atoms with E-state index in [2.05, 4.69) is 52.8 Å². The lowest BCUT2D eigenvalue weighted by Crippen LogP contribution is -2.48. The van der Waals surface area contributed by atoms with E-state index in [-0.39, 0.29) is 17.4 Å². The molecular formula is C28H38N4O2. The smallest absolute Gasteiger partial charge is 0.153 e. The molecule has 1 aromatic carbocycles. The van der Waals surface area contributed by atoms with E-state index in [1.54, 1.807) is 0 Å². The van der Waals surface area contributed by atoms with Crippen LogP contribution in [0, 0.1) is 17.3 Å². The van der Waals surface area contributed by atoms with E-state index in [1.165, 1.54) is 16.7 Å². The maximum absolute atomic E-state index is 12.1. The number of aliphatic hydroxyl groups excluding tert-OH is 1. The number of hydrogen-bond donors (Lipinski definition) is 5. The van der Waals surface area contributed by atoms with Crippen molar-refractivity contribution in [2.75, 3.05) is 19.8 Å². The number of nitrogens with zero attached hydrogens (tertiary/aromatic N) is 1. The molecule has 6 nitrogen and oxygen atoms in total. The molecule has 4 unspecified atom stereocenters. The number of nitrogens with one attached hydrogen (secondary N) is 2. The van der Waals surface area contributed by atoms with E-state index >= 15 is 0 Å². The number of H-pyrrole nitrogens is 1. The molecule has 1 saturated carbocycles. The summed E-state index contributed by atoms with van der Waals surface area (Å²) in [5, 5.41) is 33.2. The van der Waals surface area contributed by atoms with Gasteiger partial charge in [0, 0.05) is 16.7 Å². The Morgan fingerprint density at radius 1 is 1.18 bits per heavy atom. The van der Waals surface area contributed by atoms with Crippen LogP contribution < -0.4 is 11.1 Å². The highest BCUT2D eigenvalue weighted by Crippen LogP contribution is 2.61. The third-order valence-electron chi connectivity index (χ3n) is 8.73. The summed E-state index contributed by atoms with van der Waals surface area (Å²) in [7, 11) is 3.75. The zero-order chi connectivity index (χ0) is 24.1. The first-order valence-electron chi connectivity index (χ1n) is 12.6. The van der Waals surface area contributed by atoms with Gasteiger partial charge >= 0.3 is 0 Å². The third kappa shape index (κ3) is 3.63. The lowest BCUT2D eigenvalue weighted by atomic mass is 9.58. The van der Waals surface area contributed by atoms with Gasteiger partial charge in [0.2, 0.25) is 0 Å². The summed E-state index contributed by atoms with van der Waals surface area (Å²) in [6.45, 7) is 2.32. The van der Waals surface area contributed by atoms with Crippen LogP contribution in [0.1, 0.15) is 57.4 Å². The fraction of sp³-hybridized carbons (Fsp3) is 0.536. The normalized spacial score (nSPS) is 34.5. The molecule has 0 aliphatic heterocycles. The molecule has 4 aliphatic carbocycles. The fourth-order valence-electron chi connectivity index (χ4n) is 6.97. The van der Waals surface area contributed by atoms with E-state index in [0.29, 0.717) is 11.7 Å². The molecule has 182 valence electrons. The van der Waals surface area contributed by atoms with Gasteiger partial charge in [0.05, 0.1) is 17.2 Å². The van der Waals surface area contributed by atoms with Crippen molar-refractivity contribution in [1.82, 2.24) is 15.5 Å². The molecule has 0 spiro atoms. The van der Waals surface area contributed by atoms with Gasteiger partial charge < -0.3 is 21.3 Å². The second-order valence-electron chi connectivity index (χ2n) is 10.9. The molecule has 0 amide bonds. The predicted octanol–water partition coefficient (Wildman–Crippen LogP) is 4.33. The van der Waals surface area contributed by atoms with E-state index in [1.807, 2.05) is 20.2 Å².